The molecule has 0 fully saturated rings. The van der Waals surface area contributed by atoms with Crippen LogP contribution in [0.25, 0.3) is 0 Å². The lowest BCUT2D eigenvalue weighted by molar-refractivity contribution is 0.102. The molecule has 1 amide bonds. The monoisotopic (exact) mass is 385 g/mol. The fourth-order valence-corrected chi connectivity index (χ4v) is 2.69. The van der Waals surface area contributed by atoms with Crippen LogP contribution < -0.4 is 10.1 Å². The van der Waals surface area contributed by atoms with Gasteiger partial charge in [-0.3, -0.25) is 9.78 Å². The van der Waals surface area contributed by atoms with Gasteiger partial charge in [-0.25, -0.2) is 9.37 Å². The van der Waals surface area contributed by atoms with Crippen molar-refractivity contribution in [2.24, 2.45) is 0 Å². The highest BCUT2D eigenvalue weighted by Gasteiger charge is 2.11. The zero-order valence-corrected chi connectivity index (χ0v) is 15.5. The molecule has 27 heavy (non-hydrogen) atoms. The van der Waals surface area contributed by atoms with Crippen molar-refractivity contribution in [3.05, 3.63) is 82.0 Å². The summed E-state index contributed by atoms with van der Waals surface area (Å²) >= 11 is 5.98. The molecule has 7 heteroatoms. The number of carbonyl (C=O) groups excluding carboxylic acids is 1. The Morgan fingerprint density at radius 2 is 2.00 bits per heavy atom. The standard InChI is InChI=1S/C20H17ClFN3O2/c1-12-7-13(2)24-19(8-12)25-20(26)17-9-14(5-6-23-17)11-27-18-10-15(22)3-4-16(18)21/h3-10H,11H2,1-2H3,(H,24,25,26). The normalized spacial score (nSPS) is 10.5. The Kier molecular flexibility index (Phi) is 5.66. The maximum atomic E-state index is 13.3. The number of nitrogens with zero attached hydrogens (tertiary/aromatic N) is 2. The molecule has 0 saturated heterocycles. The number of ether oxygens (including phenoxy) is 1. The predicted molar refractivity (Wildman–Crippen MR) is 102 cm³/mol. The van der Waals surface area contributed by atoms with E-state index in [4.69, 9.17) is 16.3 Å². The SMILES string of the molecule is Cc1cc(C)nc(NC(=O)c2cc(COc3cc(F)ccc3Cl)ccn2)c1. The molecule has 0 saturated carbocycles. The molecule has 0 aliphatic rings. The van der Waals surface area contributed by atoms with E-state index >= 15 is 0 Å². The van der Waals surface area contributed by atoms with Crippen molar-refractivity contribution in [2.75, 3.05) is 5.32 Å². The van der Waals surface area contributed by atoms with Gasteiger partial charge >= 0.3 is 0 Å². The van der Waals surface area contributed by atoms with Crippen molar-refractivity contribution in [2.45, 2.75) is 20.5 Å². The van der Waals surface area contributed by atoms with Crippen LogP contribution in [0.5, 0.6) is 5.75 Å². The number of nitrogens with one attached hydrogen (secondary N) is 1. The van der Waals surface area contributed by atoms with Crippen molar-refractivity contribution < 1.29 is 13.9 Å². The third-order valence-electron chi connectivity index (χ3n) is 3.68. The van der Waals surface area contributed by atoms with Gasteiger partial charge in [0.25, 0.3) is 5.91 Å². The first-order chi connectivity index (χ1) is 12.9. The number of amides is 1. The van der Waals surface area contributed by atoms with Crippen LogP contribution in [0.1, 0.15) is 27.3 Å². The summed E-state index contributed by atoms with van der Waals surface area (Å²) in [7, 11) is 0. The number of carbonyl (C=O) groups is 1. The Morgan fingerprint density at radius 3 is 2.78 bits per heavy atom. The summed E-state index contributed by atoms with van der Waals surface area (Å²) in [5.74, 6) is -0.116. The molecular formula is C20H17ClFN3O2. The Balaban J connectivity index is 1.71. The zero-order chi connectivity index (χ0) is 19.4. The minimum Gasteiger partial charge on any atom is -0.487 e. The lowest BCUT2D eigenvalue weighted by Crippen LogP contribution is -2.15. The van der Waals surface area contributed by atoms with Crippen LogP contribution in [0.4, 0.5) is 10.2 Å². The van der Waals surface area contributed by atoms with Crippen LogP contribution >= 0.6 is 11.6 Å². The summed E-state index contributed by atoms with van der Waals surface area (Å²) in [6, 6.07) is 10.9. The maximum Gasteiger partial charge on any atom is 0.275 e. The van der Waals surface area contributed by atoms with E-state index in [1.165, 1.54) is 24.4 Å². The molecule has 1 aromatic carbocycles. The number of rotatable bonds is 5. The number of hydrogen-bond acceptors (Lipinski definition) is 4. The van der Waals surface area contributed by atoms with Gasteiger partial charge in [0.1, 0.15) is 29.7 Å². The minimum atomic E-state index is -0.440. The second kappa shape index (κ2) is 8.14. The molecule has 0 atom stereocenters. The van der Waals surface area contributed by atoms with E-state index in [0.717, 1.165) is 11.3 Å². The second-order valence-electron chi connectivity index (χ2n) is 6.04. The number of aryl methyl sites for hydroxylation is 2. The number of pyridine rings is 2. The van der Waals surface area contributed by atoms with Gasteiger partial charge in [0.15, 0.2) is 0 Å². The molecule has 0 aliphatic heterocycles. The number of aromatic nitrogens is 2. The molecule has 0 radical (unpaired) electrons. The molecule has 5 nitrogen and oxygen atoms in total. The highest BCUT2D eigenvalue weighted by molar-refractivity contribution is 6.32. The van der Waals surface area contributed by atoms with Gasteiger partial charge in [-0.15, -0.1) is 0 Å². The predicted octanol–water partition coefficient (Wildman–Crippen LogP) is 4.72. The first kappa shape index (κ1) is 18.8. The number of halogens is 2. The van der Waals surface area contributed by atoms with E-state index in [0.29, 0.717) is 16.4 Å². The third-order valence-corrected chi connectivity index (χ3v) is 4.00. The third kappa shape index (κ3) is 5.01. The van der Waals surface area contributed by atoms with E-state index in [9.17, 15) is 9.18 Å². The summed E-state index contributed by atoms with van der Waals surface area (Å²) in [6.07, 6.45) is 1.51. The van der Waals surface area contributed by atoms with Crippen LogP contribution in [0, 0.1) is 19.7 Å². The highest BCUT2D eigenvalue weighted by Crippen LogP contribution is 2.25. The molecular weight excluding hydrogens is 369 g/mol. The quantitative estimate of drug-likeness (QED) is 0.690. The Labute approximate surface area is 161 Å². The second-order valence-corrected chi connectivity index (χ2v) is 6.45. The Hall–Kier alpha value is -2.99. The zero-order valence-electron chi connectivity index (χ0n) is 14.8. The summed E-state index contributed by atoms with van der Waals surface area (Å²) in [6.45, 7) is 3.91. The molecule has 0 spiro atoms. The molecule has 0 unspecified atom stereocenters. The molecule has 2 heterocycles. The summed E-state index contributed by atoms with van der Waals surface area (Å²) in [5, 5.41) is 3.04. The van der Waals surface area contributed by atoms with Gasteiger partial charge in [-0.1, -0.05) is 11.6 Å². The maximum absolute atomic E-state index is 13.3. The molecule has 0 aliphatic carbocycles. The number of hydrogen-bond donors (Lipinski definition) is 1. The van der Waals surface area contributed by atoms with Gasteiger partial charge in [0, 0.05) is 18.0 Å². The van der Waals surface area contributed by atoms with Gasteiger partial charge in [-0.05, 0) is 61.4 Å². The smallest absolute Gasteiger partial charge is 0.275 e. The summed E-state index contributed by atoms with van der Waals surface area (Å²) < 4.78 is 18.8. The lowest BCUT2D eigenvalue weighted by atomic mass is 10.2. The Morgan fingerprint density at radius 1 is 1.19 bits per heavy atom. The topological polar surface area (TPSA) is 64.1 Å². The van der Waals surface area contributed by atoms with E-state index in [1.807, 2.05) is 19.9 Å². The molecule has 3 aromatic rings. The molecule has 2 aromatic heterocycles. The summed E-state index contributed by atoms with van der Waals surface area (Å²) in [4.78, 5) is 20.8. The number of benzene rings is 1. The van der Waals surface area contributed by atoms with Crippen molar-refractivity contribution in [3.8, 4) is 5.75 Å². The van der Waals surface area contributed by atoms with E-state index in [2.05, 4.69) is 15.3 Å². The van der Waals surface area contributed by atoms with E-state index < -0.39 is 5.82 Å². The first-order valence-electron chi connectivity index (χ1n) is 8.20. The van der Waals surface area contributed by atoms with E-state index in [1.54, 1.807) is 18.2 Å². The lowest BCUT2D eigenvalue weighted by Gasteiger charge is -2.10. The number of anilines is 1. The van der Waals surface area contributed by atoms with E-state index in [-0.39, 0.29) is 24.0 Å². The summed E-state index contributed by atoms with van der Waals surface area (Å²) in [5.41, 5.74) is 2.73. The van der Waals surface area contributed by atoms with Crippen molar-refractivity contribution >= 4 is 23.3 Å². The van der Waals surface area contributed by atoms with Crippen LogP contribution in [0.15, 0.2) is 48.7 Å². The fraction of sp³-hybridized carbons (Fsp3) is 0.150. The highest BCUT2D eigenvalue weighted by atomic mass is 35.5. The van der Waals surface area contributed by atoms with Crippen LogP contribution in [0.3, 0.4) is 0 Å². The first-order valence-corrected chi connectivity index (χ1v) is 8.58. The average molecular weight is 386 g/mol. The molecule has 138 valence electrons. The van der Waals surface area contributed by atoms with Crippen molar-refractivity contribution in [1.29, 1.82) is 0 Å². The average Bonchev–Trinajstić information content (AvgIpc) is 2.62. The van der Waals surface area contributed by atoms with Crippen molar-refractivity contribution in [3.63, 3.8) is 0 Å². The largest absolute Gasteiger partial charge is 0.487 e. The van der Waals surface area contributed by atoms with Gasteiger partial charge in [0.05, 0.1) is 5.02 Å². The van der Waals surface area contributed by atoms with Crippen LogP contribution in [-0.2, 0) is 6.61 Å². The molecule has 3 rings (SSSR count). The van der Waals surface area contributed by atoms with Gasteiger partial charge in [0.2, 0.25) is 0 Å². The molecule has 0 bridgehead atoms. The van der Waals surface area contributed by atoms with Gasteiger partial charge < -0.3 is 10.1 Å². The van der Waals surface area contributed by atoms with Crippen molar-refractivity contribution in [1.82, 2.24) is 9.97 Å². The van der Waals surface area contributed by atoms with Gasteiger partial charge in [-0.2, -0.15) is 0 Å². The fourth-order valence-electron chi connectivity index (χ4n) is 2.52. The Bertz CT molecular complexity index is 974. The van der Waals surface area contributed by atoms with Crippen LogP contribution in [0.2, 0.25) is 5.02 Å². The van der Waals surface area contributed by atoms with Crippen LogP contribution in [-0.4, -0.2) is 15.9 Å². The minimum absolute atomic E-state index is 0.119. The molecule has 1 N–H and O–H groups in total.